The van der Waals surface area contributed by atoms with Crippen molar-refractivity contribution in [3.63, 3.8) is 0 Å². The highest BCUT2D eigenvalue weighted by molar-refractivity contribution is 6.29. The minimum absolute atomic E-state index is 0.588. The Labute approximate surface area is 77.3 Å². The van der Waals surface area contributed by atoms with Gasteiger partial charge >= 0.3 is 0 Å². The first kappa shape index (κ1) is 9.07. The lowest BCUT2D eigenvalue weighted by Crippen LogP contribution is -2.00. The van der Waals surface area contributed by atoms with Crippen LogP contribution in [0.25, 0.3) is 0 Å². The molecule has 0 radical (unpaired) electrons. The standard InChI is InChI=1S/C9H11ClN2/c1-7(10)6-12-9-3-4-11-8(2)5-9/h3-5H,1,6H2,2H3,(H,11,12). The largest absolute Gasteiger partial charge is 0.380 e. The highest BCUT2D eigenvalue weighted by atomic mass is 35.5. The van der Waals surface area contributed by atoms with Gasteiger partial charge in [0.25, 0.3) is 0 Å². The molecule has 12 heavy (non-hydrogen) atoms. The smallest absolute Gasteiger partial charge is 0.0501 e. The number of rotatable bonds is 3. The van der Waals surface area contributed by atoms with Crippen LogP contribution in [0.2, 0.25) is 0 Å². The molecule has 0 bridgehead atoms. The summed E-state index contributed by atoms with van der Waals surface area (Å²) < 4.78 is 0. The number of nitrogens with zero attached hydrogens (tertiary/aromatic N) is 1. The zero-order valence-corrected chi connectivity index (χ0v) is 7.73. The number of nitrogens with one attached hydrogen (secondary N) is 1. The lowest BCUT2D eigenvalue weighted by Gasteiger charge is -2.04. The number of aromatic nitrogens is 1. The Kier molecular flexibility index (Phi) is 3.11. The quantitative estimate of drug-likeness (QED) is 0.777. The van der Waals surface area contributed by atoms with Crippen LogP contribution in [0.1, 0.15) is 5.69 Å². The maximum atomic E-state index is 5.59. The average Bonchev–Trinajstić information content (AvgIpc) is 2.01. The number of pyridine rings is 1. The van der Waals surface area contributed by atoms with Crippen LogP contribution in [0.4, 0.5) is 5.69 Å². The average molecular weight is 183 g/mol. The summed E-state index contributed by atoms with van der Waals surface area (Å²) in [5.74, 6) is 0. The second kappa shape index (κ2) is 4.12. The van der Waals surface area contributed by atoms with Crippen LogP contribution >= 0.6 is 11.6 Å². The van der Waals surface area contributed by atoms with Gasteiger partial charge in [-0.25, -0.2) is 0 Å². The molecule has 64 valence electrons. The monoisotopic (exact) mass is 182 g/mol. The molecule has 1 N–H and O–H groups in total. The van der Waals surface area contributed by atoms with Crippen molar-refractivity contribution in [3.8, 4) is 0 Å². The van der Waals surface area contributed by atoms with Crippen molar-refractivity contribution in [1.82, 2.24) is 4.98 Å². The number of hydrogen-bond acceptors (Lipinski definition) is 2. The molecule has 0 saturated carbocycles. The summed E-state index contributed by atoms with van der Waals surface area (Å²) in [6, 6.07) is 3.85. The highest BCUT2D eigenvalue weighted by Crippen LogP contribution is 2.08. The van der Waals surface area contributed by atoms with Gasteiger partial charge in [0.2, 0.25) is 0 Å². The van der Waals surface area contributed by atoms with E-state index in [4.69, 9.17) is 11.6 Å². The van der Waals surface area contributed by atoms with E-state index in [2.05, 4.69) is 16.9 Å². The fraction of sp³-hybridized carbons (Fsp3) is 0.222. The zero-order chi connectivity index (χ0) is 8.97. The third-order valence-electron chi connectivity index (χ3n) is 1.38. The molecule has 2 nitrogen and oxygen atoms in total. The van der Waals surface area contributed by atoms with Gasteiger partial charge in [-0.15, -0.1) is 0 Å². The molecule has 0 aliphatic carbocycles. The van der Waals surface area contributed by atoms with Crippen molar-refractivity contribution >= 4 is 17.3 Å². The summed E-state index contributed by atoms with van der Waals surface area (Å²) in [5.41, 5.74) is 2.00. The van der Waals surface area contributed by atoms with Gasteiger partial charge in [-0.2, -0.15) is 0 Å². The molecule has 0 unspecified atom stereocenters. The Morgan fingerprint density at radius 2 is 2.50 bits per heavy atom. The fourth-order valence-corrected chi connectivity index (χ4v) is 0.920. The van der Waals surface area contributed by atoms with Crippen LogP contribution in [-0.2, 0) is 0 Å². The first-order chi connectivity index (χ1) is 5.68. The Balaban J connectivity index is 2.57. The van der Waals surface area contributed by atoms with Crippen molar-refractivity contribution < 1.29 is 0 Å². The molecule has 3 heteroatoms. The van der Waals surface area contributed by atoms with Gasteiger partial charge < -0.3 is 5.32 Å². The molecule has 0 spiro atoms. The van der Waals surface area contributed by atoms with Crippen LogP contribution in [0.15, 0.2) is 29.9 Å². The van der Waals surface area contributed by atoms with Crippen molar-refractivity contribution in [1.29, 1.82) is 0 Å². The third-order valence-corrected chi connectivity index (χ3v) is 1.51. The van der Waals surface area contributed by atoms with E-state index in [1.807, 2.05) is 19.1 Å². The SMILES string of the molecule is C=C(Cl)CNc1ccnc(C)c1. The van der Waals surface area contributed by atoms with Gasteiger partial charge in [-0.1, -0.05) is 18.2 Å². The Morgan fingerprint density at radius 3 is 3.08 bits per heavy atom. The molecule has 1 aromatic heterocycles. The van der Waals surface area contributed by atoms with Crippen LogP contribution in [0, 0.1) is 6.92 Å². The lowest BCUT2D eigenvalue weighted by molar-refractivity contribution is 1.19. The van der Waals surface area contributed by atoms with Gasteiger partial charge in [0.1, 0.15) is 0 Å². The van der Waals surface area contributed by atoms with E-state index in [9.17, 15) is 0 Å². The predicted octanol–water partition coefficient (Wildman–Crippen LogP) is 2.55. The van der Waals surface area contributed by atoms with Crippen molar-refractivity contribution in [2.24, 2.45) is 0 Å². The molecule has 0 fully saturated rings. The van der Waals surface area contributed by atoms with E-state index in [0.717, 1.165) is 11.4 Å². The lowest BCUT2D eigenvalue weighted by atomic mass is 10.3. The maximum Gasteiger partial charge on any atom is 0.0501 e. The first-order valence-corrected chi connectivity index (χ1v) is 4.06. The fourth-order valence-electron chi connectivity index (χ4n) is 0.853. The number of aryl methyl sites for hydroxylation is 1. The topological polar surface area (TPSA) is 24.9 Å². The maximum absolute atomic E-state index is 5.59. The molecular weight excluding hydrogens is 172 g/mol. The number of hydrogen-bond donors (Lipinski definition) is 1. The van der Waals surface area contributed by atoms with E-state index in [-0.39, 0.29) is 0 Å². The summed E-state index contributed by atoms with van der Waals surface area (Å²) in [6.45, 7) is 6.11. The van der Waals surface area contributed by atoms with E-state index >= 15 is 0 Å². The van der Waals surface area contributed by atoms with E-state index in [1.54, 1.807) is 6.20 Å². The Hall–Kier alpha value is -1.02. The summed E-state index contributed by atoms with van der Waals surface area (Å²) >= 11 is 5.59. The summed E-state index contributed by atoms with van der Waals surface area (Å²) in [7, 11) is 0. The zero-order valence-electron chi connectivity index (χ0n) is 6.97. The number of halogens is 1. The van der Waals surface area contributed by atoms with Gasteiger partial charge in [-0.05, 0) is 19.1 Å². The third kappa shape index (κ3) is 2.93. The Bertz CT molecular complexity index is 284. The van der Waals surface area contributed by atoms with E-state index in [0.29, 0.717) is 11.6 Å². The molecule has 1 aromatic rings. The normalized spacial score (nSPS) is 9.50. The van der Waals surface area contributed by atoms with Crippen molar-refractivity contribution in [2.45, 2.75) is 6.92 Å². The van der Waals surface area contributed by atoms with Gasteiger partial charge in [0.05, 0.1) is 6.54 Å². The molecule has 1 rings (SSSR count). The minimum Gasteiger partial charge on any atom is -0.380 e. The molecular formula is C9H11ClN2. The molecule has 0 aliphatic rings. The van der Waals surface area contributed by atoms with Crippen molar-refractivity contribution in [3.05, 3.63) is 35.6 Å². The van der Waals surface area contributed by atoms with Gasteiger partial charge in [0.15, 0.2) is 0 Å². The van der Waals surface area contributed by atoms with Crippen LogP contribution in [0.3, 0.4) is 0 Å². The summed E-state index contributed by atoms with van der Waals surface area (Å²) in [4.78, 5) is 4.07. The van der Waals surface area contributed by atoms with E-state index in [1.165, 1.54) is 0 Å². The molecule has 0 amide bonds. The van der Waals surface area contributed by atoms with Gasteiger partial charge in [0, 0.05) is 22.6 Å². The molecule has 1 heterocycles. The van der Waals surface area contributed by atoms with Crippen molar-refractivity contribution in [2.75, 3.05) is 11.9 Å². The molecule has 0 aliphatic heterocycles. The number of anilines is 1. The summed E-state index contributed by atoms with van der Waals surface area (Å²) in [6.07, 6.45) is 1.76. The first-order valence-electron chi connectivity index (χ1n) is 3.68. The second-order valence-corrected chi connectivity index (χ2v) is 3.09. The molecule has 0 aromatic carbocycles. The minimum atomic E-state index is 0.588. The summed E-state index contributed by atoms with van der Waals surface area (Å²) in [5, 5.41) is 3.71. The van der Waals surface area contributed by atoms with E-state index < -0.39 is 0 Å². The predicted molar refractivity (Wildman–Crippen MR) is 52.5 cm³/mol. The Morgan fingerprint density at radius 1 is 1.75 bits per heavy atom. The second-order valence-electron chi connectivity index (χ2n) is 2.56. The molecule has 0 atom stereocenters. The van der Waals surface area contributed by atoms with Gasteiger partial charge in [-0.3, -0.25) is 4.98 Å². The van der Waals surface area contributed by atoms with Crippen LogP contribution in [0.5, 0.6) is 0 Å². The van der Waals surface area contributed by atoms with Crippen LogP contribution in [-0.4, -0.2) is 11.5 Å². The highest BCUT2D eigenvalue weighted by Gasteiger charge is 1.92. The van der Waals surface area contributed by atoms with Crippen LogP contribution < -0.4 is 5.32 Å². The molecule has 0 saturated heterocycles.